The first kappa shape index (κ1) is 12.1. The molecule has 1 aliphatic rings. The molecule has 0 bridgehead atoms. The average Bonchev–Trinajstić information content (AvgIpc) is 3.09. The summed E-state index contributed by atoms with van der Waals surface area (Å²) in [5.41, 5.74) is 0.807. The van der Waals surface area contributed by atoms with Gasteiger partial charge in [-0.3, -0.25) is 4.79 Å². The standard InChI is InChI=1S/C12H20N4O/c1-15(2)11-7-12(17)16(14-9-11)6-5-13-8-10-3-4-10/h7,9-10,13H,3-6,8H2,1-2H3. The van der Waals surface area contributed by atoms with E-state index in [9.17, 15) is 4.79 Å². The van der Waals surface area contributed by atoms with Gasteiger partial charge in [-0.05, 0) is 25.3 Å². The third-order valence-electron chi connectivity index (χ3n) is 3.00. The van der Waals surface area contributed by atoms with Crippen molar-refractivity contribution in [2.45, 2.75) is 19.4 Å². The van der Waals surface area contributed by atoms with E-state index in [1.54, 1.807) is 12.3 Å². The molecule has 1 heterocycles. The van der Waals surface area contributed by atoms with Gasteiger partial charge in [-0.25, -0.2) is 4.68 Å². The third-order valence-corrected chi connectivity index (χ3v) is 3.00. The summed E-state index contributed by atoms with van der Waals surface area (Å²) in [7, 11) is 3.80. The lowest BCUT2D eigenvalue weighted by atomic mass is 10.4. The topological polar surface area (TPSA) is 50.2 Å². The highest BCUT2D eigenvalue weighted by Gasteiger charge is 2.19. The highest BCUT2D eigenvalue weighted by molar-refractivity contribution is 5.40. The summed E-state index contributed by atoms with van der Waals surface area (Å²) in [6.07, 6.45) is 4.42. The van der Waals surface area contributed by atoms with E-state index in [4.69, 9.17) is 0 Å². The van der Waals surface area contributed by atoms with Crippen molar-refractivity contribution in [1.82, 2.24) is 15.1 Å². The van der Waals surface area contributed by atoms with Gasteiger partial charge in [-0.1, -0.05) is 0 Å². The maximum Gasteiger partial charge on any atom is 0.268 e. The second-order valence-electron chi connectivity index (χ2n) is 4.82. The predicted molar refractivity (Wildman–Crippen MR) is 68.4 cm³/mol. The van der Waals surface area contributed by atoms with Crippen molar-refractivity contribution in [3.63, 3.8) is 0 Å². The molecule has 0 unspecified atom stereocenters. The van der Waals surface area contributed by atoms with Crippen LogP contribution in [0.25, 0.3) is 0 Å². The number of rotatable bonds is 6. The van der Waals surface area contributed by atoms with Gasteiger partial charge in [0, 0.05) is 26.7 Å². The largest absolute Gasteiger partial charge is 0.376 e. The molecule has 1 aromatic heterocycles. The number of aromatic nitrogens is 2. The van der Waals surface area contributed by atoms with Gasteiger partial charge in [0.2, 0.25) is 0 Å². The van der Waals surface area contributed by atoms with Crippen LogP contribution in [0.2, 0.25) is 0 Å². The smallest absolute Gasteiger partial charge is 0.268 e. The molecule has 0 amide bonds. The normalized spacial score (nSPS) is 14.9. The number of nitrogens with one attached hydrogen (secondary N) is 1. The van der Waals surface area contributed by atoms with E-state index in [2.05, 4.69) is 10.4 Å². The Hall–Kier alpha value is -1.36. The quantitative estimate of drug-likeness (QED) is 0.722. The van der Waals surface area contributed by atoms with Crippen LogP contribution in [-0.2, 0) is 6.54 Å². The van der Waals surface area contributed by atoms with Crippen LogP contribution >= 0.6 is 0 Å². The average molecular weight is 236 g/mol. The van der Waals surface area contributed by atoms with Crippen molar-refractivity contribution in [3.8, 4) is 0 Å². The first-order chi connectivity index (χ1) is 8.16. The van der Waals surface area contributed by atoms with Gasteiger partial charge in [-0.2, -0.15) is 5.10 Å². The molecule has 1 N–H and O–H groups in total. The summed E-state index contributed by atoms with van der Waals surface area (Å²) in [4.78, 5) is 13.6. The van der Waals surface area contributed by atoms with Crippen LogP contribution in [0, 0.1) is 5.92 Å². The molecule has 1 saturated carbocycles. The fourth-order valence-electron chi connectivity index (χ4n) is 1.65. The molecule has 5 heteroatoms. The first-order valence-corrected chi connectivity index (χ1v) is 6.12. The Morgan fingerprint density at radius 2 is 2.29 bits per heavy atom. The lowest BCUT2D eigenvalue weighted by Gasteiger charge is -2.12. The third kappa shape index (κ3) is 3.56. The van der Waals surface area contributed by atoms with Crippen LogP contribution in [0.1, 0.15) is 12.8 Å². The van der Waals surface area contributed by atoms with Crippen LogP contribution in [0.4, 0.5) is 5.69 Å². The molecule has 1 aliphatic carbocycles. The monoisotopic (exact) mass is 236 g/mol. The van der Waals surface area contributed by atoms with Gasteiger partial charge in [0.25, 0.3) is 5.56 Å². The van der Waals surface area contributed by atoms with Gasteiger partial charge in [-0.15, -0.1) is 0 Å². The van der Waals surface area contributed by atoms with E-state index in [0.29, 0.717) is 6.54 Å². The maximum atomic E-state index is 11.7. The summed E-state index contributed by atoms with van der Waals surface area (Å²) in [5, 5.41) is 7.50. The van der Waals surface area contributed by atoms with E-state index < -0.39 is 0 Å². The van der Waals surface area contributed by atoms with Gasteiger partial charge in [0.1, 0.15) is 0 Å². The highest BCUT2D eigenvalue weighted by atomic mass is 16.1. The summed E-state index contributed by atoms with van der Waals surface area (Å²) in [5.74, 6) is 0.871. The number of hydrogen-bond acceptors (Lipinski definition) is 4. The first-order valence-electron chi connectivity index (χ1n) is 6.12. The molecule has 0 aromatic carbocycles. The van der Waals surface area contributed by atoms with Crippen molar-refractivity contribution in [1.29, 1.82) is 0 Å². The minimum atomic E-state index is -0.0376. The second-order valence-corrected chi connectivity index (χ2v) is 4.82. The Bertz CT molecular complexity index is 423. The SMILES string of the molecule is CN(C)c1cnn(CCNCC2CC2)c(=O)c1. The lowest BCUT2D eigenvalue weighted by Crippen LogP contribution is -2.30. The number of hydrogen-bond donors (Lipinski definition) is 1. The highest BCUT2D eigenvalue weighted by Crippen LogP contribution is 2.27. The zero-order chi connectivity index (χ0) is 12.3. The minimum Gasteiger partial charge on any atom is -0.376 e. The Morgan fingerprint density at radius 3 is 2.88 bits per heavy atom. The van der Waals surface area contributed by atoms with Gasteiger partial charge < -0.3 is 10.2 Å². The molecule has 5 nitrogen and oxygen atoms in total. The molecular formula is C12H20N4O. The van der Waals surface area contributed by atoms with Gasteiger partial charge >= 0.3 is 0 Å². The van der Waals surface area contributed by atoms with E-state index in [1.165, 1.54) is 17.5 Å². The minimum absolute atomic E-state index is 0.0376. The van der Waals surface area contributed by atoms with Crippen LogP contribution in [0.3, 0.4) is 0 Å². The fraction of sp³-hybridized carbons (Fsp3) is 0.667. The summed E-state index contributed by atoms with van der Waals surface area (Å²) in [6, 6.07) is 1.62. The zero-order valence-corrected chi connectivity index (χ0v) is 10.5. The van der Waals surface area contributed by atoms with Gasteiger partial charge in [0.15, 0.2) is 0 Å². The molecule has 0 aliphatic heterocycles. The van der Waals surface area contributed by atoms with E-state index >= 15 is 0 Å². The van der Waals surface area contributed by atoms with Crippen molar-refractivity contribution < 1.29 is 0 Å². The molecule has 0 spiro atoms. The van der Waals surface area contributed by atoms with Crippen molar-refractivity contribution in [2.24, 2.45) is 5.92 Å². The maximum absolute atomic E-state index is 11.7. The van der Waals surface area contributed by atoms with Crippen LogP contribution < -0.4 is 15.8 Å². The molecule has 1 fully saturated rings. The van der Waals surface area contributed by atoms with Crippen molar-refractivity contribution in [3.05, 3.63) is 22.6 Å². The van der Waals surface area contributed by atoms with Crippen LogP contribution in [-0.4, -0.2) is 37.0 Å². The Morgan fingerprint density at radius 1 is 1.53 bits per heavy atom. The summed E-state index contributed by atoms with van der Waals surface area (Å²) in [6.45, 7) is 2.52. The van der Waals surface area contributed by atoms with Gasteiger partial charge in [0.05, 0.1) is 18.4 Å². The molecular weight excluding hydrogens is 216 g/mol. The molecule has 0 atom stereocenters. The molecule has 0 radical (unpaired) electrons. The Kier molecular flexibility index (Phi) is 3.78. The molecule has 0 saturated heterocycles. The Balaban J connectivity index is 1.84. The molecule has 94 valence electrons. The molecule has 17 heavy (non-hydrogen) atoms. The Labute approximate surface area is 101 Å². The fourth-order valence-corrected chi connectivity index (χ4v) is 1.65. The van der Waals surface area contributed by atoms with Crippen LogP contribution in [0.5, 0.6) is 0 Å². The van der Waals surface area contributed by atoms with E-state index in [1.807, 2.05) is 19.0 Å². The lowest BCUT2D eigenvalue weighted by molar-refractivity contribution is 0.522. The second kappa shape index (κ2) is 5.31. The van der Waals surface area contributed by atoms with Crippen molar-refractivity contribution >= 4 is 5.69 Å². The zero-order valence-electron chi connectivity index (χ0n) is 10.5. The van der Waals surface area contributed by atoms with Crippen LogP contribution in [0.15, 0.2) is 17.1 Å². The summed E-state index contributed by atoms with van der Waals surface area (Å²) < 4.78 is 1.51. The number of anilines is 1. The molecule has 2 rings (SSSR count). The number of nitrogens with zero attached hydrogens (tertiary/aromatic N) is 3. The predicted octanol–water partition coefficient (Wildman–Crippen LogP) is 0.309. The summed E-state index contributed by atoms with van der Waals surface area (Å²) >= 11 is 0. The van der Waals surface area contributed by atoms with Crippen molar-refractivity contribution in [2.75, 3.05) is 32.1 Å². The van der Waals surface area contributed by atoms with E-state index in [-0.39, 0.29) is 5.56 Å². The van der Waals surface area contributed by atoms with E-state index in [0.717, 1.165) is 24.7 Å². The molecule has 1 aromatic rings.